The second kappa shape index (κ2) is 4.61. The molecule has 1 aromatic heterocycles. The maximum absolute atomic E-state index is 13.2. The average molecular weight is 288 g/mol. The van der Waals surface area contributed by atoms with Crippen LogP contribution >= 0.6 is 11.3 Å². The maximum Gasteiger partial charge on any atom is 0.339 e. The number of aromatic hydroxyl groups is 1. The lowest BCUT2D eigenvalue weighted by atomic mass is 9.98. The van der Waals surface area contributed by atoms with Crippen LogP contribution in [-0.2, 0) is 0 Å². The van der Waals surface area contributed by atoms with Crippen LogP contribution in [0.15, 0.2) is 41.8 Å². The molecule has 3 nitrogen and oxygen atoms in total. The molecule has 0 saturated heterocycles. The van der Waals surface area contributed by atoms with Crippen molar-refractivity contribution in [3.63, 3.8) is 0 Å². The van der Waals surface area contributed by atoms with Crippen molar-refractivity contribution in [3.05, 3.63) is 53.2 Å². The third-order valence-corrected chi connectivity index (χ3v) is 4.01. The van der Waals surface area contributed by atoms with E-state index in [2.05, 4.69) is 0 Å². The van der Waals surface area contributed by atoms with Crippen LogP contribution in [-0.4, -0.2) is 16.2 Å². The number of benzene rings is 2. The molecule has 0 fully saturated rings. The van der Waals surface area contributed by atoms with Gasteiger partial charge in [-0.05, 0) is 17.5 Å². The van der Waals surface area contributed by atoms with Crippen molar-refractivity contribution >= 4 is 28.1 Å². The first-order valence-corrected chi connectivity index (χ1v) is 6.68. The van der Waals surface area contributed by atoms with Gasteiger partial charge in [0.15, 0.2) is 0 Å². The van der Waals surface area contributed by atoms with Gasteiger partial charge in [0.05, 0.1) is 0 Å². The summed E-state index contributed by atoms with van der Waals surface area (Å²) in [5, 5.41) is 21.7. The number of rotatable bonds is 2. The molecule has 0 aliphatic carbocycles. The van der Waals surface area contributed by atoms with E-state index < -0.39 is 5.97 Å². The Morgan fingerprint density at radius 1 is 1.15 bits per heavy atom. The summed E-state index contributed by atoms with van der Waals surface area (Å²) >= 11 is 1.19. The van der Waals surface area contributed by atoms with Crippen LogP contribution < -0.4 is 0 Å². The van der Waals surface area contributed by atoms with E-state index in [4.69, 9.17) is 0 Å². The van der Waals surface area contributed by atoms with Gasteiger partial charge in [-0.3, -0.25) is 0 Å². The molecule has 0 aliphatic heterocycles. The summed E-state index contributed by atoms with van der Waals surface area (Å²) in [6.07, 6.45) is 0. The molecule has 0 radical (unpaired) electrons. The number of phenols is 1. The molecule has 0 unspecified atom stereocenters. The number of fused-ring (bicyclic) bond motifs is 1. The van der Waals surface area contributed by atoms with E-state index in [9.17, 15) is 19.4 Å². The fourth-order valence-corrected chi connectivity index (χ4v) is 2.97. The molecule has 0 bridgehead atoms. The molecule has 2 N–H and O–H groups in total. The molecule has 3 rings (SSSR count). The van der Waals surface area contributed by atoms with Crippen LogP contribution in [0.3, 0.4) is 0 Å². The Balaban J connectivity index is 2.41. The van der Waals surface area contributed by atoms with Gasteiger partial charge >= 0.3 is 5.97 Å². The first-order valence-electron chi connectivity index (χ1n) is 5.80. The van der Waals surface area contributed by atoms with Crippen molar-refractivity contribution in [2.75, 3.05) is 0 Å². The summed E-state index contributed by atoms with van der Waals surface area (Å²) in [5.74, 6) is -1.85. The SMILES string of the molecule is O=C(O)c1cc(-c2cc(F)cs2)c2ccccc2c1O. The van der Waals surface area contributed by atoms with Gasteiger partial charge in [-0.1, -0.05) is 24.3 Å². The molecule has 0 atom stereocenters. The summed E-state index contributed by atoms with van der Waals surface area (Å²) < 4.78 is 13.2. The highest BCUT2D eigenvalue weighted by Gasteiger charge is 2.17. The van der Waals surface area contributed by atoms with Crippen molar-refractivity contribution in [2.45, 2.75) is 0 Å². The minimum absolute atomic E-state index is 0.187. The van der Waals surface area contributed by atoms with Crippen molar-refractivity contribution in [3.8, 4) is 16.2 Å². The predicted octanol–water partition coefficient (Wildman–Crippen LogP) is 4.11. The average Bonchev–Trinajstić information content (AvgIpc) is 2.85. The summed E-state index contributed by atoms with van der Waals surface area (Å²) in [6.45, 7) is 0. The molecule has 0 spiro atoms. The van der Waals surface area contributed by atoms with Crippen LogP contribution in [0.4, 0.5) is 4.39 Å². The smallest absolute Gasteiger partial charge is 0.339 e. The van der Waals surface area contributed by atoms with Gasteiger partial charge in [-0.15, -0.1) is 11.3 Å². The van der Waals surface area contributed by atoms with Gasteiger partial charge in [0.1, 0.15) is 17.1 Å². The Kier molecular flexibility index (Phi) is 2.91. The van der Waals surface area contributed by atoms with Gasteiger partial charge in [0, 0.05) is 21.2 Å². The summed E-state index contributed by atoms with van der Waals surface area (Å²) in [6, 6.07) is 9.65. The number of carbonyl (C=O) groups is 1. The van der Waals surface area contributed by atoms with Gasteiger partial charge in [-0.25, -0.2) is 9.18 Å². The maximum atomic E-state index is 13.2. The third kappa shape index (κ3) is 1.92. The van der Waals surface area contributed by atoms with Crippen LogP contribution in [0.2, 0.25) is 0 Å². The zero-order valence-corrected chi connectivity index (χ0v) is 10.9. The third-order valence-electron chi connectivity index (χ3n) is 3.08. The fourth-order valence-electron chi connectivity index (χ4n) is 2.18. The lowest BCUT2D eigenvalue weighted by Gasteiger charge is -2.09. The van der Waals surface area contributed by atoms with E-state index in [0.29, 0.717) is 21.2 Å². The number of hydrogen-bond donors (Lipinski definition) is 2. The molecular formula is C15H9FO3S. The lowest BCUT2D eigenvalue weighted by Crippen LogP contribution is -1.98. The molecule has 0 amide bonds. The van der Waals surface area contributed by atoms with Crippen molar-refractivity contribution in [1.82, 2.24) is 0 Å². The topological polar surface area (TPSA) is 57.5 Å². The Morgan fingerprint density at radius 2 is 1.85 bits per heavy atom. The monoisotopic (exact) mass is 288 g/mol. The number of thiophene rings is 1. The standard InChI is InChI=1S/C15H9FO3S/c16-8-5-13(20-7-8)11-6-12(15(18)19)14(17)10-4-2-1-3-9(10)11/h1-7,17H,(H,18,19). The van der Waals surface area contributed by atoms with Crippen LogP contribution in [0, 0.1) is 5.82 Å². The van der Waals surface area contributed by atoms with E-state index in [1.165, 1.54) is 28.8 Å². The van der Waals surface area contributed by atoms with Crippen molar-refractivity contribution in [2.24, 2.45) is 0 Å². The minimum Gasteiger partial charge on any atom is -0.506 e. The second-order valence-corrected chi connectivity index (χ2v) is 5.21. The van der Waals surface area contributed by atoms with Gasteiger partial charge < -0.3 is 10.2 Å². The van der Waals surface area contributed by atoms with Crippen molar-refractivity contribution in [1.29, 1.82) is 0 Å². The molecule has 3 aromatic rings. The van der Waals surface area contributed by atoms with E-state index in [1.807, 2.05) is 0 Å². The molecule has 0 aliphatic rings. The zero-order valence-electron chi connectivity index (χ0n) is 10.1. The molecule has 100 valence electrons. The normalized spacial score (nSPS) is 10.8. The second-order valence-electron chi connectivity index (χ2n) is 4.30. The van der Waals surface area contributed by atoms with E-state index in [0.717, 1.165) is 0 Å². The highest BCUT2D eigenvalue weighted by molar-refractivity contribution is 7.13. The first-order chi connectivity index (χ1) is 9.58. The highest BCUT2D eigenvalue weighted by Crippen LogP contribution is 2.38. The quantitative estimate of drug-likeness (QED) is 0.746. The fraction of sp³-hybridized carbons (Fsp3) is 0. The van der Waals surface area contributed by atoms with Crippen LogP contribution in [0.5, 0.6) is 5.75 Å². The lowest BCUT2D eigenvalue weighted by molar-refractivity contribution is 0.0694. The zero-order chi connectivity index (χ0) is 14.3. The van der Waals surface area contributed by atoms with E-state index >= 15 is 0 Å². The number of hydrogen-bond acceptors (Lipinski definition) is 3. The number of aromatic carboxylic acids is 1. The predicted molar refractivity (Wildman–Crippen MR) is 75.8 cm³/mol. The van der Waals surface area contributed by atoms with Gasteiger partial charge in [0.25, 0.3) is 0 Å². The minimum atomic E-state index is -1.22. The molecule has 20 heavy (non-hydrogen) atoms. The van der Waals surface area contributed by atoms with E-state index in [1.54, 1.807) is 24.3 Å². The van der Waals surface area contributed by atoms with Gasteiger partial charge in [-0.2, -0.15) is 0 Å². The summed E-state index contributed by atoms with van der Waals surface area (Å²) in [5.41, 5.74) is 0.414. The van der Waals surface area contributed by atoms with Crippen LogP contribution in [0.25, 0.3) is 21.2 Å². The Bertz CT molecular complexity index is 823. The summed E-state index contributed by atoms with van der Waals surface area (Å²) in [4.78, 5) is 11.8. The number of carboxylic acid groups (broad SMARTS) is 1. The largest absolute Gasteiger partial charge is 0.506 e. The van der Waals surface area contributed by atoms with Crippen molar-refractivity contribution < 1.29 is 19.4 Å². The molecule has 5 heteroatoms. The van der Waals surface area contributed by atoms with Crippen LogP contribution in [0.1, 0.15) is 10.4 Å². The molecule has 1 heterocycles. The Hall–Kier alpha value is -2.40. The number of halogens is 1. The Morgan fingerprint density at radius 3 is 2.45 bits per heavy atom. The molecular weight excluding hydrogens is 279 g/mol. The molecule has 2 aromatic carbocycles. The Labute approximate surface area is 117 Å². The van der Waals surface area contributed by atoms with E-state index in [-0.39, 0.29) is 17.1 Å². The first kappa shape index (κ1) is 12.6. The highest BCUT2D eigenvalue weighted by atomic mass is 32.1. The number of carboxylic acids is 1. The molecule has 0 saturated carbocycles. The van der Waals surface area contributed by atoms with Gasteiger partial charge in [0.2, 0.25) is 0 Å². The summed E-state index contributed by atoms with van der Waals surface area (Å²) in [7, 11) is 0.